The van der Waals surface area contributed by atoms with E-state index < -0.39 is 11.7 Å². The van der Waals surface area contributed by atoms with Crippen LogP contribution >= 0.6 is 15.9 Å². The molecule has 0 radical (unpaired) electrons. The second-order valence-corrected chi connectivity index (χ2v) is 9.44. The number of hydrogen-bond acceptors (Lipinski definition) is 5. The van der Waals surface area contributed by atoms with Crippen LogP contribution in [0.15, 0.2) is 40.9 Å². The zero-order valence-corrected chi connectivity index (χ0v) is 19.3. The molecule has 10 heteroatoms. The van der Waals surface area contributed by atoms with Crippen molar-refractivity contribution in [2.75, 3.05) is 13.1 Å². The summed E-state index contributed by atoms with van der Waals surface area (Å²) < 4.78 is 7.29. The molecule has 3 heterocycles. The second-order valence-electron chi connectivity index (χ2n) is 8.52. The summed E-state index contributed by atoms with van der Waals surface area (Å²) in [5.41, 5.74) is 1.83. The minimum absolute atomic E-state index is 0.220. The third-order valence-corrected chi connectivity index (χ3v) is 7.07. The van der Waals surface area contributed by atoms with E-state index in [4.69, 9.17) is 4.74 Å². The first-order valence-electron chi connectivity index (χ1n) is 10.7. The number of fused-ring (bicyclic) bond motifs is 2. The van der Waals surface area contributed by atoms with Crippen molar-refractivity contribution in [2.24, 2.45) is 0 Å². The van der Waals surface area contributed by atoms with E-state index in [1.807, 2.05) is 24.3 Å². The molecular formula is C23H23BrN4O5. The number of piperidine rings is 1. The SMILES string of the molecule is O=C(N[C@H]1CC2(CCN(C(=O)O)CC2)Oc2ccc(Br)cc21)c1cccc2c(CO)n[nH]c12. The van der Waals surface area contributed by atoms with Crippen molar-refractivity contribution >= 4 is 38.8 Å². The molecule has 0 aliphatic carbocycles. The van der Waals surface area contributed by atoms with Crippen molar-refractivity contribution in [3.8, 4) is 5.75 Å². The summed E-state index contributed by atoms with van der Waals surface area (Å²) in [5, 5.41) is 29.7. The van der Waals surface area contributed by atoms with E-state index in [0.717, 1.165) is 10.0 Å². The molecule has 0 unspecified atom stereocenters. The number of carbonyl (C=O) groups excluding carboxylic acids is 1. The number of halogens is 1. The van der Waals surface area contributed by atoms with Crippen molar-refractivity contribution in [3.05, 3.63) is 57.7 Å². The number of aromatic amines is 1. The fraction of sp³-hybridized carbons (Fsp3) is 0.348. The second kappa shape index (κ2) is 8.35. The topological polar surface area (TPSA) is 128 Å². The van der Waals surface area contributed by atoms with Crippen molar-refractivity contribution < 1.29 is 24.5 Å². The molecule has 2 aromatic carbocycles. The van der Waals surface area contributed by atoms with Gasteiger partial charge in [0.25, 0.3) is 5.91 Å². The zero-order chi connectivity index (χ0) is 23.2. The molecule has 2 aliphatic heterocycles. The van der Waals surface area contributed by atoms with Crippen molar-refractivity contribution in [3.63, 3.8) is 0 Å². The van der Waals surface area contributed by atoms with Gasteiger partial charge >= 0.3 is 6.09 Å². The van der Waals surface area contributed by atoms with Crippen LogP contribution in [-0.2, 0) is 6.61 Å². The molecule has 3 aromatic rings. The van der Waals surface area contributed by atoms with Gasteiger partial charge in [0.1, 0.15) is 11.4 Å². The van der Waals surface area contributed by atoms with Crippen LogP contribution in [0.4, 0.5) is 4.79 Å². The van der Waals surface area contributed by atoms with E-state index >= 15 is 0 Å². The molecule has 9 nitrogen and oxygen atoms in total. The Morgan fingerprint density at radius 2 is 2.06 bits per heavy atom. The molecule has 1 atom stereocenters. The third kappa shape index (κ3) is 3.93. The van der Waals surface area contributed by atoms with Crippen LogP contribution in [0.25, 0.3) is 10.9 Å². The number of likely N-dealkylation sites (tertiary alicyclic amines) is 1. The van der Waals surface area contributed by atoms with Gasteiger partial charge in [-0.15, -0.1) is 0 Å². The molecule has 172 valence electrons. The number of carbonyl (C=O) groups is 2. The average Bonchev–Trinajstić information content (AvgIpc) is 3.23. The lowest BCUT2D eigenvalue weighted by molar-refractivity contribution is -0.0205. The number of rotatable bonds is 3. The standard InChI is InChI=1S/C23H23BrN4O5/c24-13-4-5-19-16(10-13)17(11-23(33-19)6-8-28(9-7-23)22(31)32)25-21(30)15-3-1-2-14-18(12-29)26-27-20(14)15/h1-5,10,17,29H,6-9,11-12H2,(H,25,30)(H,26,27)(H,31,32)/t17-/m0/s1. The molecule has 1 saturated heterocycles. The molecule has 0 saturated carbocycles. The predicted molar refractivity (Wildman–Crippen MR) is 123 cm³/mol. The maximum absolute atomic E-state index is 13.4. The minimum atomic E-state index is -0.926. The summed E-state index contributed by atoms with van der Waals surface area (Å²) in [7, 11) is 0. The number of para-hydroxylation sites is 1. The zero-order valence-electron chi connectivity index (χ0n) is 17.7. The Balaban J connectivity index is 1.46. The molecular weight excluding hydrogens is 492 g/mol. The lowest BCUT2D eigenvalue weighted by Gasteiger charge is -2.46. The average molecular weight is 515 g/mol. The molecule has 1 aromatic heterocycles. The Hall–Kier alpha value is -3.11. The molecule has 4 N–H and O–H groups in total. The van der Waals surface area contributed by atoms with Crippen LogP contribution in [0, 0.1) is 0 Å². The molecule has 5 rings (SSSR count). The number of amides is 2. The van der Waals surface area contributed by atoms with Gasteiger partial charge in [0.2, 0.25) is 0 Å². The van der Waals surface area contributed by atoms with Crippen molar-refractivity contribution in [1.29, 1.82) is 0 Å². The minimum Gasteiger partial charge on any atom is -0.487 e. The van der Waals surface area contributed by atoms with Gasteiger partial charge in [0, 0.05) is 47.8 Å². The number of aliphatic hydroxyl groups excluding tert-OH is 1. The van der Waals surface area contributed by atoms with Crippen molar-refractivity contribution in [2.45, 2.75) is 37.5 Å². The number of benzene rings is 2. The normalized spacial score (nSPS) is 19.2. The van der Waals surface area contributed by atoms with Crippen LogP contribution in [0.2, 0.25) is 0 Å². The molecule has 1 spiro atoms. The Bertz CT molecular complexity index is 1230. The number of nitrogens with one attached hydrogen (secondary N) is 2. The molecule has 2 amide bonds. The summed E-state index contributed by atoms with van der Waals surface area (Å²) in [6, 6.07) is 10.7. The fourth-order valence-corrected chi connectivity index (χ4v) is 5.20. The van der Waals surface area contributed by atoms with Gasteiger partial charge in [-0.1, -0.05) is 28.1 Å². The van der Waals surface area contributed by atoms with E-state index in [1.54, 1.807) is 12.1 Å². The number of aliphatic hydroxyl groups is 1. The predicted octanol–water partition coefficient (Wildman–Crippen LogP) is 3.58. The monoisotopic (exact) mass is 514 g/mol. The van der Waals surface area contributed by atoms with Gasteiger partial charge in [-0.05, 0) is 24.3 Å². The summed E-state index contributed by atoms with van der Waals surface area (Å²) in [5.74, 6) is 0.436. The van der Waals surface area contributed by atoms with E-state index in [2.05, 4.69) is 31.4 Å². The third-order valence-electron chi connectivity index (χ3n) is 6.57. The van der Waals surface area contributed by atoms with E-state index in [9.17, 15) is 19.8 Å². The summed E-state index contributed by atoms with van der Waals surface area (Å²) in [6.07, 6.45) is 0.718. The quantitative estimate of drug-likeness (QED) is 0.422. The maximum atomic E-state index is 13.4. The highest BCUT2D eigenvalue weighted by atomic mass is 79.9. The van der Waals surface area contributed by atoms with Crippen LogP contribution in [0.5, 0.6) is 5.75 Å². The summed E-state index contributed by atoms with van der Waals surface area (Å²) in [4.78, 5) is 26.1. The number of hydrogen-bond donors (Lipinski definition) is 4. The van der Waals surface area contributed by atoms with E-state index in [1.165, 1.54) is 4.90 Å². The highest BCUT2D eigenvalue weighted by molar-refractivity contribution is 9.10. The molecule has 33 heavy (non-hydrogen) atoms. The maximum Gasteiger partial charge on any atom is 0.407 e. The fourth-order valence-electron chi connectivity index (χ4n) is 4.82. The van der Waals surface area contributed by atoms with Gasteiger partial charge in [-0.2, -0.15) is 5.10 Å². The molecule has 2 aliphatic rings. The first kappa shape index (κ1) is 21.7. The number of carboxylic acid groups (broad SMARTS) is 1. The van der Waals surface area contributed by atoms with Gasteiger partial charge in [0.15, 0.2) is 0 Å². The van der Waals surface area contributed by atoms with E-state index in [0.29, 0.717) is 60.3 Å². The molecule has 0 bridgehead atoms. The van der Waals surface area contributed by atoms with Crippen LogP contribution in [0.1, 0.15) is 46.9 Å². The number of nitrogens with zero attached hydrogens (tertiary/aromatic N) is 2. The van der Waals surface area contributed by atoms with Crippen LogP contribution < -0.4 is 10.1 Å². The Morgan fingerprint density at radius 3 is 2.79 bits per heavy atom. The number of aromatic nitrogens is 2. The lowest BCUT2D eigenvalue weighted by atomic mass is 9.80. The first-order valence-corrected chi connectivity index (χ1v) is 11.5. The largest absolute Gasteiger partial charge is 0.487 e. The van der Waals surface area contributed by atoms with Gasteiger partial charge in [-0.25, -0.2) is 4.79 Å². The number of ether oxygens (including phenoxy) is 1. The number of H-pyrrole nitrogens is 1. The Morgan fingerprint density at radius 1 is 1.27 bits per heavy atom. The lowest BCUT2D eigenvalue weighted by Crippen LogP contribution is -2.53. The summed E-state index contributed by atoms with van der Waals surface area (Å²) >= 11 is 3.51. The van der Waals surface area contributed by atoms with Crippen molar-refractivity contribution in [1.82, 2.24) is 20.4 Å². The molecule has 1 fully saturated rings. The van der Waals surface area contributed by atoms with Gasteiger partial charge in [-0.3, -0.25) is 9.89 Å². The highest BCUT2D eigenvalue weighted by Gasteiger charge is 2.44. The smallest absolute Gasteiger partial charge is 0.407 e. The van der Waals surface area contributed by atoms with Crippen LogP contribution in [-0.4, -0.2) is 56.0 Å². The summed E-state index contributed by atoms with van der Waals surface area (Å²) in [6.45, 7) is 0.556. The van der Waals surface area contributed by atoms with Gasteiger partial charge in [0.05, 0.1) is 29.4 Å². The highest BCUT2D eigenvalue weighted by Crippen LogP contribution is 2.45. The Labute approximate surface area is 197 Å². The van der Waals surface area contributed by atoms with Gasteiger partial charge < -0.3 is 25.2 Å². The van der Waals surface area contributed by atoms with Crippen LogP contribution in [0.3, 0.4) is 0 Å². The van der Waals surface area contributed by atoms with E-state index in [-0.39, 0.29) is 18.6 Å². The Kier molecular flexibility index (Phi) is 5.49. The first-order chi connectivity index (χ1) is 15.9.